The van der Waals surface area contributed by atoms with E-state index in [0.29, 0.717) is 27.8 Å². The minimum Gasteiger partial charge on any atom is -0.382 e. The van der Waals surface area contributed by atoms with Crippen LogP contribution >= 0.6 is 27.5 Å². The zero-order chi connectivity index (χ0) is 23.9. The van der Waals surface area contributed by atoms with Crippen molar-refractivity contribution in [2.24, 2.45) is 0 Å². The van der Waals surface area contributed by atoms with Crippen molar-refractivity contribution in [3.05, 3.63) is 81.2 Å². The van der Waals surface area contributed by atoms with Crippen LogP contribution in [-0.4, -0.2) is 20.1 Å². The first-order valence-corrected chi connectivity index (χ1v) is 11.6. The van der Waals surface area contributed by atoms with Gasteiger partial charge in [0, 0.05) is 33.4 Å². The third-order valence-corrected chi connectivity index (χ3v) is 6.36. The minimum absolute atomic E-state index is 0.297. The van der Waals surface area contributed by atoms with E-state index in [-0.39, 0.29) is 11.9 Å². The van der Waals surface area contributed by atoms with Crippen molar-refractivity contribution in [1.82, 2.24) is 15.0 Å². The Morgan fingerprint density at radius 3 is 2.45 bits per heavy atom. The number of nitrogens with one attached hydrogen (secondary N) is 1. The fourth-order valence-corrected chi connectivity index (χ4v) is 4.19. The molecule has 0 fully saturated rings. The quantitative estimate of drug-likeness (QED) is 0.292. The fourth-order valence-electron chi connectivity index (χ4n) is 3.62. The number of nitrogens with zero attached hydrogens (tertiary/aromatic N) is 3. The number of halogens is 3. The number of aryl methyl sites for hydroxylation is 1. The van der Waals surface area contributed by atoms with E-state index >= 15 is 0 Å². The molecule has 0 aliphatic carbocycles. The van der Waals surface area contributed by atoms with Crippen molar-refractivity contribution in [2.45, 2.75) is 39.3 Å². The Bertz CT molecular complexity index is 1340. The molecule has 170 valence electrons. The van der Waals surface area contributed by atoms with Crippen LogP contribution in [0.3, 0.4) is 0 Å². The first-order valence-electron chi connectivity index (χ1n) is 10.4. The average molecular weight is 530 g/mol. The molecule has 0 amide bonds. The van der Waals surface area contributed by atoms with E-state index < -0.39 is 5.60 Å². The van der Waals surface area contributed by atoms with Crippen LogP contribution in [0.5, 0.6) is 0 Å². The fraction of sp³-hybridized carbons (Fsp3) is 0.240. The Hall–Kier alpha value is -2.61. The zero-order valence-corrected chi connectivity index (χ0v) is 21.0. The molecule has 1 atom stereocenters. The van der Waals surface area contributed by atoms with Gasteiger partial charge in [0.25, 0.3) is 0 Å². The lowest BCUT2D eigenvalue weighted by atomic mass is 10.0. The molecule has 1 unspecified atom stereocenters. The predicted octanol–water partition coefficient (Wildman–Crippen LogP) is 6.96. The lowest BCUT2D eigenvalue weighted by molar-refractivity contribution is 0.0687. The molecular formula is C25H23BrClFN4O. The van der Waals surface area contributed by atoms with Gasteiger partial charge < -0.3 is 10.4 Å². The lowest BCUT2D eigenvalue weighted by Crippen LogP contribution is -2.19. The van der Waals surface area contributed by atoms with E-state index in [4.69, 9.17) is 11.6 Å². The second kappa shape index (κ2) is 8.97. The molecule has 2 aromatic carbocycles. The topological polar surface area (TPSA) is 70.9 Å². The molecule has 5 nitrogen and oxygen atoms in total. The number of aliphatic hydroxyl groups is 1. The van der Waals surface area contributed by atoms with Crippen LogP contribution in [0.15, 0.2) is 53.3 Å². The predicted molar refractivity (Wildman–Crippen MR) is 134 cm³/mol. The molecule has 0 bridgehead atoms. The second-order valence-corrected chi connectivity index (χ2v) is 9.80. The summed E-state index contributed by atoms with van der Waals surface area (Å²) >= 11 is 10.1. The summed E-state index contributed by atoms with van der Waals surface area (Å²) in [5.41, 5.74) is 3.19. The van der Waals surface area contributed by atoms with Gasteiger partial charge in [-0.3, -0.25) is 4.98 Å². The highest BCUT2D eigenvalue weighted by atomic mass is 79.9. The Morgan fingerprint density at radius 1 is 1.09 bits per heavy atom. The van der Waals surface area contributed by atoms with Crippen molar-refractivity contribution in [3.63, 3.8) is 0 Å². The first-order chi connectivity index (χ1) is 15.5. The van der Waals surface area contributed by atoms with Gasteiger partial charge in [-0.05, 0) is 63.6 Å². The van der Waals surface area contributed by atoms with Crippen molar-refractivity contribution in [3.8, 4) is 11.1 Å². The van der Waals surface area contributed by atoms with E-state index in [1.165, 1.54) is 6.07 Å². The van der Waals surface area contributed by atoms with Crippen LogP contribution in [0.2, 0.25) is 5.02 Å². The number of fused-ring (bicyclic) bond motifs is 1. The number of rotatable bonds is 5. The van der Waals surface area contributed by atoms with Gasteiger partial charge in [0.15, 0.2) is 5.82 Å². The van der Waals surface area contributed by atoms with Crippen LogP contribution in [0.4, 0.5) is 10.1 Å². The van der Waals surface area contributed by atoms with Crippen molar-refractivity contribution < 1.29 is 9.50 Å². The SMILES string of the molecule is Cc1nc2ccc(-c3cnc(C(C)(C)O)nc3)cc2c(NC(C)c2cc(Br)ccc2F)c1Cl. The highest BCUT2D eigenvalue weighted by Crippen LogP contribution is 2.37. The summed E-state index contributed by atoms with van der Waals surface area (Å²) < 4.78 is 15.3. The molecule has 8 heteroatoms. The number of benzene rings is 2. The molecule has 0 radical (unpaired) electrons. The number of pyridine rings is 1. The second-order valence-electron chi connectivity index (χ2n) is 8.50. The van der Waals surface area contributed by atoms with Crippen molar-refractivity contribution in [2.75, 3.05) is 5.32 Å². The maximum absolute atomic E-state index is 14.5. The third-order valence-electron chi connectivity index (χ3n) is 5.41. The summed E-state index contributed by atoms with van der Waals surface area (Å²) in [6, 6.07) is 10.3. The van der Waals surface area contributed by atoms with Gasteiger partial charge >= 0.3 is 0 Å². The van der Waals surface area contributed by atoms with Gasteiger partial charge in [0.1, 0.15) is 11.4 Å². The van der Waals surface area contributed by atoms with Crippen molar-refractivity contribution in [1.29, 1.82) is 0 Å². The number of aromatic nitrogens is 3. The van der Waals surface area contributed by atoms with Gasteiger partial charge in [0.05, 0.1) is 28.0 Å². The Kier molecular flexibility index (Phi) is 6.40. The van der Waals surface area contributed by atoms with E-state index in [0.717, 1.165) is 26.5 Å². The van der Waals surface area contributed by atoms with Crippen LogP contribution < -0.4 is 5.32 Å². The van der Waals surface area contributed by atoms with Gasteiger partial charge in [-0.1, -0.05) is 33.6 Å². The van der Waals surface area contributed by atoms with E-state index in [1.54, 1.807) is 38.4 Å². The summed E-state index contributed by atoms with van der Waals surface area (Å²) in [6.07, 6.45) is 3.36. The molecule has 0 aliphatic heterocycles. The third kappa shape index (κ3) is 4.86. The number of hydrogen-bond acceptors (Lipinski definition) is 5. The average Bonchev–Trinajstić information content (AvgIpc) is 2.77. The number of hydrogen-bond donors (Lipinski definition) is 2. The molecule has 0 saturated heterocycles. The van der Waals surface area contributed by atoms with Crippen LogP contribution in [0.1, 0.15) is 43.9 Å². The molecule has 4 aromatic rings. The molecule has 4 rings (SSSR count). The minimum atomic E-state index is -1.12. The molecular weight excluding hydrogens is 507 g/mol. The normalized spacial score (nSPS) is 12.7. The van der Waals surface area contributed by atoms with Gasteiger partial charge in [0.2, 0.25) is 0 Å². The Morgan fingerprint density at radius 2 is 1.79 bits per heavy atom. The maximum Gasteiger partial charge on any atom is 0.159 e. The van der Waals surface area contributed by atoms with Crippen LogP contribution in [0, 0.1) is 12.7 Å². The maximum atomic E-state index is 14.5. The summed E-state index contributed by atoms with van der Waals surface area (Å²) in [4.78, 5) is 13.2. The largest absolute Gasteiger partial charge is 0.382 e. The van der Waals surface area contributed by atoms with Crippen LogP contribution in [-0.2, 0) is 5.60 Å². The Labute approximate surface area is 205 Å². The van der Waals surface area contributed by atoms with Gasteiger partial charge in [-0.2, -0.15) is 0 Å². The molecule has 2 heterocycles. The number of anilines is 1. The van der Waals surface area contributed by atoms with E-state index in [1.807, 2.05) is 32.0 Å². The highest BCUT2D eigenvalue weighted by Gasteiger charge is 2.20. The molecule has 0 saturated carbocycles. The van der Waals surface area contributed by atoms with E-state index in [9.17, 15) is 9.50 Å². The first kappa shape index (κ1) is 23.5. The summed E-state index contributed by atoms with van der Waals surface area (Å²) in [7, 11) is 0. The van der Waals surface area contributed by atoms with Gasteiger partial charge in [-0.15, -0.1) is 0 Å². The molecule has 2 aromatic heterocycles. The molecule has 2 N–H and O–H groups in total. The molecule has 0 aliphatic rings. The molecule has 33 heavy (non-hydrogen) atoms. The summed E-state index contributed by atoms with van der Waals surface area (Å²) in [5, 5.41) is 14.8. The lowest BCUT2D eigenvalue weighted by Gasteiger charge is -2.20. The van der Waals surface area contributed by atoms with Crippen molar-refractivity contribution >= 4 is 44.1 Å². The Balaban J connectivity index is 1.79. The standard InChI is InChI=1S/C25H23BrClFN4O/c1-13(18-10-17(26)6-7-20(18)28)32-23-19-9-15(5-8-21(19)31-14(2)22(23)27)16-11-29-24(30-12-16)25(3,4)33/h5-13,33H,1-4H3,(H,31,32). The zero-order valence-electron chi connectivity index (χ0n) is 18.6. The highest BCUT2D eigenvalue weighted by molar-refractivity contribution is 9.10. The summed E-state index contributed by atoms with van der Waals surface area (Å²) in [5.74, 6) is 0.0498. The van der Waals surface area contributed by atoms with Crippen LogP contribution in [0.25, 0.3) is 22.0 Å². The van der Waals surface area contributed by atoms with Gasteiger partial charge in [-0.25, -0.2) is 14.4 Å². The smallest absolute Gasteiger partial charge is 0.159 e. The monoisotopic (exact) mass is 528 g/mol. The summed E-state index contributed by atoms with van der Waals surface area (Å²) in [6.45, 7) is 7.01. The van der Waals surface area contributed by atoms with E-state index in [2.05, 4.69) is 36.2 Å². The molecule has 0 spiro atoms.